The fourth-order valence-electron chi connectivity index (χ4n) is 1.84. The second-order valence-corrected chi connectivity index (χ2v) is 5.12. The number of rotatable bonds is 3. The summed E-state index contributed by atoms with van der Waals surface area (Å²) >= 11 is 0. The first-order chi connectivity index (χ1) is 8.54. The largest absolute Gasteiger partial charge is 0.493 e. The van der Waals surface area contributed by atoms with E-state index in [4.69, 9.17) is 4.74 Å². The van der Waals surface area contributed by atoms with Gasteiger partial charge in [-0.1, -0.05) is 12.1 Å². The fraction of sp³-hybridized carbons (Fsp3) is 0.429. The molecule has 4 heteroatoms. The van der Waals surface area contributed by atoms with Gasteiger partial charge in [-0.2, -0.15) is 0 Å². The normalized spacial score (nSPS) is 11.6. The van der Waals surface area contributed by atoms with Crippen LogP contribution in [0.3, 0.4) is 0 Å². The van der Waals surface area contributed by atoms with E-state index < -0.39 is 0 Å². The van der Waals surface area contributed by atoms with Crippen LogP contribution < -0.4 is 4.74 Å². The van der Waals surface area contributed by atoms with E-state index in [2.05, 4.69) is 35.5 Å². The van der Waals surface area contributed by atoms with Crippen LogP contribution in [0, 0.1) is 0 Å². The molecule has 96 valence electrons. The Labute approximate surface area is 108 Å². The van der Waals surface area contributed by atoms with E-state index in [-0.39, 0.29) is 5.54 Å². The molecule has 0 bridgehead atoms. The molecule has 0 aliphatic rings. The Hall–Kier alpha value is -1.84. The minimum absolute atomic E-state index is 0.0574. The van der Waals surface area contributed by atoms with E-state index in [1.807, 2.05) is 31.2 Å². The molecule has 0 aliphatic heterocycles. The van der Waals surface area contributed by atoms with Crippen LogP contribution in [-0.4, -0.2) is 21.4 Å². The summed E-state index contributed by atoms with van der Waals surface area (Å²) in [6.07, 6.45) is 1.76. The maximum Gasteiger partial charge on any atom is 0.167 e. The topological polar surface area (TPSA) is 39.9 Å². The molecule has 0 unspecified atom stereocenters. The number of nitrogens with zero attached hydrogens (tertiary/aromatic N) is 3. The van der Waals surface area contributed by atoms with Crippen LogP contribution >= 0.6 is 0 Å². The average Bonchev–Trinajstić information content (AvgIpc) is 2.78. The SMILES string of the molecule is CCOc1ccccc1-c1nncn1C(C)(C)C. The molecule has 1 aromatic carbocycles. The molecular formula is C14H19N3O. The smallest absolute Gasteiger partial charge is 0.167 e. The lowest BCUT2D eigenvalue weighted by Gasteiger charge is -2.23. The third-order valence-electron chi connectivity index (χ3n) is 2.70. The summed E-state index contributed by atoms with van der Waals surface area (Å²) in [6.45, 7) is 9.00. The van der Waals surface area contributed by atoms with E-state index in [9.17, 15) is 0 Å². The molecule has 0 fully saturated rings. The maximum absolute atomic E-state index is 5.65. The molecule has 0 amide bonds. The molecule has 1 heterocycles. The quantitative estimate of drug-likeness (QED) is 0.834. The Bertz CT molecular complexity index is 526. The monoisotopic (exact) mass is 245 g/mol. The van der Waals surface area contributed by atoms with Crippen LogP contribution in [-0.2, 0) is 5.54 Å². The molecule has 0 spiro atoms. The van der Waals surface area contributed by atoms with E-state index in [0.717, 1.165) is 17.1 Å². The van der Waals surface area contributed by atoms with Gasteiger partial charge >= 0.3 is 0 Å². The van der Waals surface area contributed by atoms with Gasteiger partial charge in [-0.25, -0.2) is 0 Å². The summed E-state index contributed by atoms with van der Waals surface area (Å²) in [5, 5.41) is 8.25. The molecule has 0 N–H and O–H groups in total. The first-order valence-electron chi connectivity index (χ1n) is 6.16. The van der Waals surface area contributed by atoms with Crippen molar-refractivity contribution < 1.29 is 4.74 Å². The predicted octanol–water partition coefficient (Wildman–Crippen LogP) is 3.10. The number of para-hydroxylation sites is 1. The number of benzene rings is 1. The Balaban J connectivity index is 2.53. The van der Waals surface area contributed by atoms with Crippen molar-refractivity contribution in [3.63, 3.8) is 0 Å². The van der Waals surface area contributed by atoms with Crippen LogP contribution in [0.1, 0.15) is 27.7 Å². The van der Waals surface area contributed by atoms with Crippen molar-refractivity contribution in [1.29, 1.82) is 0 Å². The zero-order valence-corrected chi connectivity index (χ0v) is 11.3. The Kier molecular flexibility index (Phi) is 3.36. The van der Waals surface area contributed by atoms with Crippen LogP contribution in [0.25, 0.3) is 11.4 Å². The molecule has 0 saturated carbocycles. The van der Waals surface area contributed by atoms with Gasteiger partial charge in [0.1, 0.15) is 12.1 Å². The molecule has 2 rings (SSSR count). The third-order valence-corrected chi connectivity index (χ3v) is 2.70. The highest BCUT2D eigenvalue weighted by Crippen LogP contribution is 2.30. The van der Waals surface area contributed by atoms with Gasteiger partial charge in [-0.05, 0) is 39.8 Å². The maximum atomic E-state index is 5.65. The fourth-order valence-corrected chi connectivity index (χ4v) is 1.84. The second kappa shape index (κ2) is 4.80. The zero-order valence-electron chi connectivity index (χ0n) is 11.3. The lowest BCUT2D eigenvalue weighted by atomic mass is 10.1. The van der Waals surface area contributed by atoms with Crippen LogP contribution in [0.2, 0.25) is 0 Å². The third kappa shape index (κ3) is 2.37. The van der Waals surface area contributed by atoms with Gasteiger partial charge in [-0.3, -0.25) is 0 Å². The van der Waals surface area contributed by atoms with E-state index in [0.29, 0.717) is 6.61 Å². The van der Waals surface area contributed by atoms with Crippen molar-refractivity contribution in [3.8, 4) is 17.1 Å². The molecule has 1 aromatic heterocycles. The highest BCUT2D eigenvalue weighted by atomic mass is 16.5. The molecule has 0 radical (unpaired) electrons. The number of aromatic nitrogens is 3. The lowest BCUT2D eigenvalue weighted by molar-refractivity contribution is 0.340. The first-order valence-corrected chi connectivity index (χ1v) is 6.16. The van der Waals surface area contributed by atoms with Crippen molar-refractivity contribution in [1.82, 2.24) is 14.8 Å². The Morgan fingerprint density at radius 3 is 2.61 bits per heavy atom. The predicted molar refractivity (Wildman–Crippen MR) is 71.6 cm³/mol. The van der Waals surface area contributed by atoms with Crippen LogP contribution in [0.15, 0.2) is 30.6 Å². The van der Waals surface area contributed by atoms with E-state index in [1.54, 1.807) is 6.33 Å². The zero-order chi connectivity index (χ0) is 13.2. The van der Waals surface area contributed by atoms with Gasteiger partial charge in [0.05, 0.1) is 12.2 Å². The summed E-state index contributed by atoms with van der Waals surface area (Å²) in [7, 11) is 0. The van der Waals surface area contributed by atoms with Crippen molar-refractivity contribution in [2.24, 2.45) is 0 Å². The molecule has 0 saturated heterocycles. The summed E-state index contributed by atoms with van der Waals surface area (Å²) < 4.78 is 7.71. The van der Waals surface area contributed by atoms with Crippen molar-refractivity contribution in [2.45, 2.75) is 33.2 Å². The highest BCUT2D eigenvalue weighted by molar-refractivity contribution is 5.64. The summed E-state index contributed by atoms with van der Waals surface area (Å²) in [5.41, 5.74) is 0.921. The van der Waals surface area contributed by atoms with E-state index >= 15 is 0 Å². The first kappa shape index (κ1) is 12.6. The summed E-state index contributed by atoms with van der Waals surface area (Å²) in [5.74, 6) is 1.69. The lowest BCUT2D eigenvalue weighted by Crippen LogP contribution is -2.22. The molecular weight excluding hydrogens is 226 g/mol. The minimum Gasteiger partial charge on any atom is -0.493 e. The minimum atomic E-state index is -0.0574. The molecule has 4 nitrogen and oxygen atoms in total. The standard InChI is InChI=1S/C14H19N3O/c1-5-18-12-9-7-6-8-11(12)13-16-15-10-17(13)14(2,3)4/h6-10H,5H2,1-4H3. The van der Waals surface area contributed by atoms with Gasteiger partial charge < -0.3 is 9.30 Å². The number of ether oxygens (including phenoxy) is 1. The van der Waals surface area contributed by atoms with Crippen molar-refractivity contribution in [2.75, 3.05) is 6.61 Å². The molecule has 0 atom stereocenters. The van der Waals surface area contributed by atoms with Gasteiger partial charge in [-0.15, -0.1) is 10.2 Å². The van der Waals surface area contributed by atoms with Crippen LogP contribution in [0.4, 0.5) is 0 Å². The summed E-state index contributed by atoms with van der Waals surface area (Å²) in [4.78, 5) is 0. The summed E-state index contributed by atoms with van der Waals surface area (Å²) in [6, 6.07) is 7.92. The van der Waals surface area contributed by atoms with Crippen molar-refractivity contribution in [3.05, 3.63) is 30.6 Å². The Morgan fingerprint density at radius 2 is 1.94 bits per heavy atom. The van der Waals surface area contributed by atoms with Gasteiger partial charge in [0.25, 0.3) is 0 Å². The van der Waals surface area contributed by atoms with Gasteiger partial charge in [0, 0.05) is 5.54 Å². The highest BCUT2D eigenvalue weighted by Gasteiger charge is 2.20. The molecule has 0 aliphatic carbocycles. The average molecular weight is 245 g/mol. The van der Waals surface area contributed by atoms with Crippen LogP contribution in [0.5, 0.6) is 5.75 Å². The molecule has 2 aromatic rings. The molecule has 18 heavy (non-hydrogen) atoms. The second-order valence-electron chi connectivity index (χ2n) is 5.12. The van der Waals surface area contributed by atoms with Gasteiger partial charge in [0.15, 0.2) is 5.82 Å². The number of hydrogen-bond donors (Lipinski definition) is 0. The van der Waals surface area contributed by atoms with Crippen molar-refractivity contribution >= 4 is 0 Å². The van der Waals surface area contributed by atoms with Gasteiger partial charge in [0.2, 0.25) is 0 Å². The van der Waals surface area contributed by atoms with E-state index in [1.165, 1.54) is 0 Å². The Morgan fingerprint density at radius 1 is 1.22 bits per heavy atom. The number of hydrogen-bond acceptors (Lipinski definition) is 3.